The molecule has 10 heteroatoms. The number of carbonyl (C=O) groups is 1. The summed E-state index contributed by atoms with van der Waals surface area (Å²) in [5.74, 6) is -0.329. The Balaban J connectivity index is 0.00000288. The van der Waals surface area contributed by atoms with Crippen molar-refractivity contribution in [2.75, 3.05) is 20.1 Å². The first kappa shape index (κ1) is 20.4. The summed E-state index contributed by atoms with van der Waals surface area (Å²) in [4.78, 5) is 27.6. The van der Waals surface area contributed by atoms with Gasteiger partial charge in [-0.05, 0) is 26.1 Å². The number of aryl methyl sites for hydroxylation is 1. The first-order valence-electron chi connectivity index (χ1n) is 6.82. The highest BCUT2D eigenvalue weighted by Gasteiger charge is 2.19. The molecule has 0 aliphatic carbocycles. The molecule has 1 aromatic carbocycles. The largest absolute Gasteiger partial charge is 0.351 e. The number of nitro groups is 1. The maximum atomic E-state index is 12.0. The number of likely N-dealkylation sites (N-methyl/N-ethyl adjacent to an activating group) is 1. The number of halogens is 1. The SMILES string of the molecule is CNCCNC(=O)c1ccc(Sc2nc(C)cs2)c([N+](=O)[O-])c1.Cl. The molecule has 0 atom stereocenters. The number of nitrogens with one attached hydrogen (secondary N) is 2. The third-order valence-electron chi connectivity index (χ3n) is 2.87. The number of hydrogen-bond donors (Lipinski definition) is 2. The monoisotopic (exact) mass is 388 g/mol. The smallest absolute Gasteiger partial charge is 0.284 e. The number of nitrogens with zero attached hydrogens (tertiary/aromatic N) is 2. The van der Waals surface area contributed by atoms with Gasteiger partial charge in [0.2, 0.25) is 0 Å². The Morgan fingerprint density at radius 1 is 1.42 bits per heavy atom. The van der Waals surface area contributed by atoms with Crippen molar-refractivity contribution < 1.29 is 9.72 Å². The van der Waals surface area contributed by atoms with Gasteiger partial charge in [-0.25, -0.2) is 4.98 Å². The van der Waals surface area contributed by atoms with E-state index in [1.54, 1.807) is 19.2 Å². The number of aromatic nitrogens is 1. The summed E-state index contributed by atoms with van der Waals surface area (Å²) in [5, 5.41) is 18.8. The van der Waals surface area contributed by atoms with Crippen molar-refractivity contribution in [2.45, 2.75) is 16.2 Å². The number of thiazole rings is 1. The third-order valence-corrected chi connectivity index (χ3v) is 5.00. The van der Waals surface area contributed by atoms with E-state index in [-0.39, 0.29) is 29.6 Å². The Morgan fingerprint density at radius 2 is 2.17 bits per heavy atom. The van der Waals surface area contributed by atoms with Crippen LogP contribution >= 0.6 is 35.5 Å². The Bertz CT molecular complexity index is 724. The van der Waals surface area contributed by atoms with Crippen LogP contribution in [0.5, 0.6) is 0 Å². The van der Waals surface area contributed by atoms with Gasteiger partial charge in [-0.2, -0.15) is 0 Å². The van der Waals surface area contributed by atoms with E-state index in [1.165, 1.54) is 29.2 Å². The van der Waals surface area contributed by atoms with E-state index >= 15 is 0 Å². The lowest BCUT2D eigenvalue weighted by atomic mass is 10.2. The topological polar surface area (TPSA) is 97.2 Å². The van der Waals surface area contributed by atoms with Crippen molar-refractivity contribution in [1.82, 2.24) is 15.6 Å². The summed E-state index contributed by atoms with van der Waals surface area (Å²) in [6.07, 6.45) is 0. The molecule has 0 saturated carbocycles. The Morgan fingerprint density at radius 3 is 2.75 bits per heavy atom. The van der Waals surface area contributed by atoms with Gasteiger partial charge in [0.1, 0.15) is 0 Å². The second-order valence-electron chi connectivity index (χ2n) is 4.66. The number of rotatable bonds is 7. The van der Waals surface area contributed by atoms with Gasteiger partial charge in [0.25, 0.3) is 11.6 Å². The van der Waals surface area contributed by atoms with Crippen molar-refractivity contribution >= 4 is 47.1 Å². The molecule has 2 aromatic rings. The van der Waals surface area contributed by atoms with Crippen LogP contribution in [0, 0.1) is 17.0 Å². The van der Waals surface area contributed by atoms with Crippen molar-refractivity contribution in [3.63, 3.8) is 0 Å². The second kappa shape index (κ2) is 9.58. The number of amides is 1. The van der Waals surface area contributed by atoms with Crippen LogP contribution in [-0.4, -0.2) is 36.0 Å². The molecule has 1 amide bonds. The zero-order chi connectivity index (χ0) is 16.8. The second-order valence-corrected chi connectivity index (χ2v) is 6.80. The Kier molecular flexibility index (Phi) is 8.13. The maximum Gasteiger partial charge on any atom is 0.284 e. The van der Waals surface area contributed by atoms with Crippen molar-refractivity contribution in [2.24, 2.45) is 0 Å². The Labute approximate surface area is 153 Å². The molecular formula is C14H17ClN4O3S2. The van der Waals surface area contributed by atoms with E-state index in [9.17, 15) is 14.9 Å². The molecular weight excluding hydrogens is 372 g/mol. The predicted octanol–water partition coefficient (Wildman–Crippen LogP) is 2.88. The van der Waals surface area contributed by atoms with E-state index in [4.69, 9.17) is 0 Å². The van der Waals surface area contributed by atoms with Crippen LogP contribution < -0.4 is 10.6 Å². The first-order chi connectivity index (χ1) is 11.0. The molecule has 7 nitrogen and oxygen atoms in total. The van der Waals surface area contributed by atoms with Gasteiger partial charge in [0, 0.05) is 35.8 Å². The molecule has 0 spiro atoms. The van der Waals surface area contributed by atoms with Crippen LogP contribution in [0.1, 0.15) is 16.1 Å². The lowest BCUT2D eigenvalue weighted by Crippen LogP contribution is -2.30. The molecule has 0 bridgehead atoms. The lowest BCUT2D eigenvalue weighted by molar-refractivity contribution is -0.387. The molecule has 0 aliphatic rings. The molecule has 1 heterocycles. The standard InChI is InChI=1S/C14H16N4O3S2.ClH/c1-9-8-22-14(17-9)23-12-4-3-10(7-11(12)18(20)21)13(19)16-6-5-15-2;/h3-4,7-8,15H,5-6H2,1-2H3,(H,16,19);1H. The third kappa shape index (κ3) is 5.45. The highest BCUT2D eigenvalue weighted by atomic mass is 35.5. The molecule has 0 radical (unpaired) electrons. The maximum absolute atomic E-state index is 12.0. The van der Waals surface area contributed by atoms with Crippen molar-refractivity contribution in [1.29, 1.82) is 0 Å². The van der Waals surface area contributed by atoms with Crippen LogP contribution in [0.3, 0.4) is 0 Å². The number of benzene rings is 1. The number of carbonyl (C=O) groups excluding carboxylic acids is 1. The van der Waals surface area contributed by atoms with Crippen LogP contribution in [0.2, 0.25) is 0 Å². The average molecular weight is 389 g/mol. The minimum Gasteiger partial charge on any atom is -0.351 e. The lowest BCUT2D eigenvalue weighted by Gasteiger charge is -2.06. The van der Waals surface area contributed by atoms with Crippen molar-refractivity contribution in [3.05, 3.63) is 45.0 Å². The normalized spacial score (nSPS) is 10.1. The highest BCUT2D eigenvalue weighted by molar-refractivity contribution is 8.01. The van der Waals surface area contributed by atoms with E-state index in [2.05, 4.69) is 15.6 Å². The van der Waals surface area contributed by atoms with Crippen LogP contribution in [0.25, 0.3) is 0 Å². The van der Waals surface area contributed by atoms with Crippen LogP contribution in [0.4, 0.5) is 5.69 Å². The summed E-state index contributed by atoms with van der Waals surface area (Å²) in [7, 11) is 1.78. The van der Waals surface area contributed by atoms with Gasteiger partial charge >= 0.3 is 0 Å². The zero-order valence-electron chi connectivity index (χ0n) is 13.1. The van der Waals surface area contributed by atoms with E-state index < -0.39 is 4.92 Å². The quantitative estimate of drug-likeness (QED) is 0.430. The van der Waals surface area contributed by atoms with Gasteiger partial charge in [0.05, 0.1) is 9.82 Å². The van der Waals surface area contributed by atoms with Gasteiger partial charge in [-0.3, -0.25) is 14.9 Å². The first-order valence-corrected chi connectivity index (χ1v) is 8.52. The number of nitro benzene ring substituents is 1. The Hall–Kier alpha value is -1.68. The predicted molar refractivity (Wildman–Crippen MR) is 97.6 cm³/mol. The van der Waals surface area contributed by atoms with Gasteiger partial charge in [-0.15, -0.1) is 23.7 Å². The summed E-state index contributed by atoms with van der Waals surface area (Å²) in [6, 6.07) is 4.48. The summed E-state index contributed by atoms with van der Waals surface area (Å²) in [6.45, 7) is 2.96. The van der Waals surface area contributed by atoms with Crippen LogP contribution in [0.15, 0.2) is 32.8 Å². The fraction of sp³-hybridized carbons (Fsp3) is 0.286. The molecule has 2 N–H and O–H groups in total. The molecule has 1 aromatic heterocycles. The fourth-order valence-electron chi connectivity index (χ4n) is 1.76. The van der Waals surface area contributed by atoms with E-state index in [0.717, 1.165) is 10.0 Å². The molecule has 0 fully saturated rings. The van der Waals surface area contributed by atoms with Gasteiger partial charge < -0.3 is 10.6 Å². The molecule has 0 aliphatic heterocycles. The summed E-state index contributed by atoms with van der Waals surface area (Å²) >= 11 is 2.66. The summed E-state index contributed by atoms with van der Waals surface area (Å²) < 4.78 is 0.733. The van der Waals surface area contributed by atoms with Gasteiger partial charge in [-0.1, -0.05) is 11.8 Å². The fourth-order valence-corrected chi connectivity index (χ4v) is 3.64. The molecule has 2 rings (SSSR count). The zero-order valence-corrected chi connectivity index (χ0v) is 15.5. The van der Waals surface area contributed by atoms with Crippen LogP contribution in [-0.2, 0) is 0 Å². The summed E-state index contributed by atoms with van der Waals surface area (Å²) in [5.41, 5.74) is 1.05. The minimum absolute atomic E-state index is 0. The average Bonchev–Trinajstić information content (AvgIpc) is 2.92. The van der Waals surface area contributed by atoms with Crippen molar-refractivity contribution in [3.8, 4) is 0 Å². The molecule has 130 valence electrons. The van der Waals surface area contributed by atoms with E-state index in [0.29, 0.717) is 18.0 Å². The molecule has 24 heavy (non-hydrogen) atoms. The number of hydrogen-bond acceptors (Lipinski definition) is 7. The highest BCUT2D eigenvalue weighted by Crippen LogP contribution is 2.36. The minimum atomic E-state index is -0.479. The van der Waals surface area contributed by atoms with E-state index in [1.807, 2.05) is 12.3 Å². The molecule has 0 unspecified atom stereocenters. The van der Waals surface area contributed by atoms with Gasteiger partial charge in [0.15, 0.2) is 4.34 Å². The molecule has 0 saturated heterocycles.